The van der Waals surface area contributed by atoms with Crippen LogP contribution >= 0.6 is 23.4 Å². The molecule has 0 bridgehead atoms. The number of nitrogens with one attached hydrogen (secondary N) is 1. The van der Waals surface area contributed by atoms with Gasteiger partial charge in [-0.2, -0.15) is 16.7 Å². The van der Waals surface area contributed by atoms with E-state index in [9.17, 15) is 9.18 Å². The molecule has 0 saturated carbocycles. The number of aromatic nitrogens is 2. The van der Waals surface area contributed by atoms with Gasteiger partial charge < -0.3 is 9.84 Å². The number of hydrogen-bond acceptors (Lipinski definition) is 6. The van der Waals surface area contributed by atoms with Gasteiger partial charge in [0.1, 0.15) is 5.82 Å². The van der Waals surface area contributed by atoms with Gasteiger partial charge in [0.25, 0.3) is 0 Å². The first kappa shape index (κ1) is 24.7. The summed E-state index contributed by atoms with van der Waals surface area (Å²) in [6.45, 7) is 2.86. The number of halogens is 2. The average molecular weight is 503 g/mol. The van der Waals surface area contributed by atoms with Crippen molar-refractivity contribution in [3.05, 3.63) is 70.8 Å². The van der Waals surface area contributed by atoms with E-state index in [0.29, 0.717) is 35.6 Å². The Hall–Kier alpha value is -2.42. The molecule has 34 heavy (non-hydrogen) atoms. The number of piperidine rings is 1. The van der Waals surface area contributed by atoms with Gasteiger partial charge in [-0.25, -0.2) is 4.39 Å². The lowest BCUT2D eigenvalue weighted by molar-refractivity contribution is -0.126. The van der Waals surface area contributed by atoms with Gasteiger partial charge in [-0.1, -0.05) is 35.0 Å². The van der Waals surface area contributed by atoms with Crippen LogP contribution in [0.25, 0.3) is 11.4 Å². The molecule has 1 aromatic heterocycles. The van der Waals surface area contributed by atoms with Crippen LogP contribution in [0.4, 0.5) is 4.39 Å². The minimum Gasteiger partial charge on any atom is -0.356 e. The van der Waals surface area contributed by atoms with Crippen molar-refractivity contribution < 1.29 is 13.7 Å². The molecule has 1 aliphatic heterocycles. The molecule has 1 amide bonds. The van der Waals surface area contributed by atoms with E-state index in [1.54, 1.807) is 30.0 Å². The second-order valence-corrected chi connectivity index (χ2v) is 9.90. The number of likely N-dealkylation sites (tertiary alicyclic amines) is 1. The van der Waals surface area contributed by atoms with Crippen molar-refractivity contribution in [2.75, 3.05) is 25.4 Å². The zero-order valence-corrected chi connectivity index (χ0v) is 20.5. The van der Waals surface area contributed by atoms with Gasteiger partial charge in [0.05, 0.1) is 6.54 Å². The molecule has 0 spiro atoms. The highest BCUT2D eigenvalue weighted by molar-refractivity contribution is 7.98. The lowest BCUT2D eigenvalue weighted by atomic mass is 9.96. The quantitative estimate of drug-likeness (QED) is 0.385. The molecule has 6 nitrogen and oxygen atoms in total. The summed E-state index contributed by atoms with van der Waals surface area (Å²) in [5.74, 6) is 2.66. The van der Waals surface area contributed by atoms with E-state index < -0.39 is 0 Å². The standard InChI is InChI=1S/C25H28ClFN4O2S/c26-21-8-6-18(7-9-21)24-29-23(33-30-24)16-31-13-10-19(11-14-31)25(32)28-12-3-15-34-17-20-4-1-2-5-22(20)27/h1-2,4-9,19H,3,10-17H2,(H,28,32). The molecule has 9 heteroatoms. The average Bonchev–Trinajstić information content (AvgIpc) is 3.31. The van der Waals surface area contributed by atoms with Crippen molar-refractivity contribution in [3.63, 3.8) is 0 Å². The molecule has 1 N–H and O–H groups in total. The monoisotopic (exact) mass is 502 g/mol. The van der Waals surface area contributed by atoms with Crippen LogP contribution in [-0.2, 0) is 17.1 Å². The second-order valence-electron chi connectivity index (χ2n) is 8.36. The lowest BCUT2D eigenvalue weighted by Crippen LogP contribution is -2.40. The predicted molar refractivity (Wildman–Crippen MR) is 133 cm³/mol. The van der Waals surface area contributed by atoms with Crippen LogP contribution in [0.1, 0.15) is 30.7 Å². The second kappa shape index (κ2) is 12.3. The summed E-state index contributed by atoms with van der Waals surface area (Å²) in [6.07, 6.45) is 2.49. The van der Waals surface area contributed by atoms with E-state index in [-0.39, 0.29) is 17.6 Å². The van der Waals surface area contributed by atoms with Crippen LogP contribution in [-0.4, -0.2) is 46.3 Å². The highest BCUT2D eigenvalue weighted by Crippen LogP contribution is 2.22. The molecule has 0 atom stereocenters. The topological polar surface area (TPSA) is 71.3 Å². The summed E-state index contributed by atoms with van der Waals surface area (Å²) >= 11 is 7.62. The number of nitrogens with zero attached hydrogens (tertiary/aromatic N) is 3. The molecule has 1 fully saturated rings. The van der Waals surface area contributed by atoms with Crippen LogP contribution in [0.2, 0.25) is 5.02 Å². The zero-order valence-electron chi connectivity index (χ0n) is 18.9. The summed E-state index contributed by atoms with van der Waals surface area (Å²) in [5.41, 5.74) is 1.59. The number of carbonyl (C=O) groups excluding carboxylic acids is 1. The Balaban J connectivity index is 1.11. The van der Waals surface area contributed by atoms with E-state index in [4.69, 9.17) is 16.1 Å². The number of rotatable bonds is 10. The van der Waals surface area contributed by atoms with Crippen molar-refractivity contribution >= 4 is 29.3 Å². The molecule has 1 saturated heterocycles. The largest absolute Gasteiger partial charge is 0.356 e. The third kappa shape index (κ3) is 7.04. The normalized spacial score (nSPS) is 14.9. The van der Waals surface area contributed by atoms with E-state index in [1.165, 1.54) is 6.07 Å². The summed E-state index contributed by atoms with van der Waals surface area (Å²) in [5, 5.41) is 7.78. The number of hydrogen-bond donors (Lipinski definition) is 1. The van der Waals surface area contributed by atoms with Gasteiger partial charge in [0.2, 0.25) is 17.6 Å². The Morgan fingerprint density at radius 1 is 1.18 bits per heavy atom. The number of thioether (sulfide) groups is 1. The lowest BCUT2D eigenvalue weighted by Gasteiger charge is -2.30. The Morgan fingerprint density at radius 3 is 2.71 bits per heavy atom. The summed E-state index contributed by atoms with van der Waals surface area (Å²) < 4.78 is 19.0. The summed E-state index contributed by atoms with van der Waals surface area (Å²) in [6, 6.07) is 14.2. The van der Waals surface area contributed by atoms with Gasteiger partial charge >= 0.3 is 0 Å². The highest BCUT2D eigenvalue weighted by Gasteiger charge is 2.25. The molecule has 0 aliphatic carbocycles. The van der Waals surface area contributed by atoms with Crippen molar-refractivity contribution in [2.45, 2.75) is 31.6 Å². The minimum absolute atomic E-state index is 0.0367. The van der Waals surface area contributed by atoms with Crippen molar-refractivity contribution in [1.29, 1.82) is 0 Å². The van der Waals surface area contributed by atoms with Gasteiger partial charge in [-0.05, 0) is 74.0 Å². The Labute approximate surface area is 208 Å². The SMILES string of the molecule is O=C(NCCCSCc1ccccc1F)C1CCN(Cc2nc(-c3ccc(Cl)cc3)no2)CC1. The summed E-state index contributed by atoms with van der Waals surface area (Å²) in [4.78, 5) is 19.2. The maximum Gasteiger partial charge on any atom is 0.241 e. The van der Waals surface area contributed by atoms with Crippen molar-refractivity contribution in [3.8, 4) is 11.4 Å². The van der Waals surface area contributed by atoms with Crippen LogP contribution in [0.15, 0.2) is 53.1 Å². The summed E-state index contributed by atoms with van der Waals surface area (Å²) in [7, 11) is 0. The van der Waals surface area contributed by atoms with E-state index in [2.05, 4.69) is 20.4 Å². The van der Waals surface area contributed by atoms with Gasteiger partial charge in [-0.3, -0.25) is 9.69 Å². The van der Waals surface area contributed by atoms with E-state index in [0.717, 1.165) is 49.2 Å². The number of amides is 1. The molecule has 1 aliphatic rings. The van der Waals surface area contributed by atoms with Gasteiger partial charge in [-0.15, -0.1) is 0 Å². The molecule has 0 unspecified atom stereocenters. The molecule has 4 rings (SSSR count). The first-order valence-corrected chi connectivity index (χ1v) is 13.0. The molecule has 2 aromatic carbocycles. The number of benzene rings is 2. The maximum absolute atomic E-state index is 13.6. The van der Waals surface area contributed by atoms with Crippen molar-refractivity contribution in [2.24, 2.45) is 5.92 Å². The van der Waals surface area contributed by atoms with Crippen LogP contribution in [0, 0.1) is 11.7 Å². The third-order valence-electron chi connectivity index (χ3n) is 5.87. The highest BCUT2D eigenvalue weighted by atomic mass is 35.5. The molecule has 3 aromatic rings. The van der Waals surface area contributed by atoms with Gasteiger partial charge in [0.15, 0.2) is 0 Å². The van der Waals surface area contributed by atoms with Crippen molar-refractivity contribution in [1.82, 2.24) is 20.4 Å². The van der Waals surface area contributed by atoms with E-state index in [1.807, 2.05) is 24.3 Å². The third-order valence-corrected chi connectivity index (χ3v) is 7.21. The fourth-order valence-corrected chi connectivity index (χ4v) is 4.98. The molecular formula is C25H28ClFN4O2S. The fraction of sp³-hybridized carbons (Fsp3) is 0.400. The smallest absolute Gasteiger partial charge is 0.241 e. The first-order chi connectivity index (χ1) is 16.6. The molecule has 0 radical (unpaired) electrons. The molecule has 180 valence electrons. The Morgan fingerprint density at radius 2 is 1.94 bits per heavy atom. The Kier molecular flexibility index (Phi) is 8.96. The zero-order chi connectivity index (χ0) is 23.8. The number of carbonyl (C=O) groups is 1. The maximum atomic E-state index is 13.6. The fourth-order valence-electron chi connectivity index (χ4n) is 3.91. The first-order valence-electron chi connectivity index (χ1n) is 11.5. The van der Waals surface area contributed by atoms with Crippen LogP contribution in [0.5, 0.6) is 0 Å². The van der Waals surface area contributed by atoms with Crippen LogP contribution in [0.3, 0.4) is 0 Å². The molecule has 2 heterocycles. The molecular weight excluding hydrogens is 475 g/mol. The Bertz CT molecular complexity index is 1070. The van der Waals surface area contributed by atoms with Gasteiger partial charge in [0, 0.05) is 28.8 Å². The minimum atomic E-state index is -0.157. The predicted octanol–water partition coefficient (Wildman–Crippen LogP) is 5.18. The van der Waals surface area contributed by atoms with E-state index >= 15 is 0 Å². The van der Waals surface area contributed by atoms with Crippen LogP contribution < -0.4 is 5.32 Å².